The standard InChI is InChI=1S/C46H45N2S/c1-27(2)34-24-36(28(3)4)44(37(25-34)29(5)6)48-45-35-17-13-12-16-32(35)18-20-41(45)47(8)46(48)38-26-40-39-23-33(31-14-10-9-11-15-31)19-21-42(39)49-43(40)22-30(38)7/h9-29H,1-8H3/q+1. The molecule has 0 N–H and O–H groups in total. The van der Waals surface area contributed by atoms with Crippen LogP contribution in [-0.4, -0.2) is 4.57 Å². The van der Waals surface area contributed by atoms with Gasteiger partial charge in [0.25, 0.3) is 5.82 Å². The van der Waals surface area contributed by atoms with E-state index >= 15 is 0 Å². The van der Waals surface area contributed by atoms with Gasteiger partial charge in [-0.3, -0.25) is 0 Å². The Bertz CT molecular complexity index is 2510. The van der Waals surface area contributed by atoms with Gasteiger partial charge >= 0.3 is 0 Å². The molecule has 8 aromatic rings. The lowest BCUT2D eigenvalue weighted by atomic mass is 9.87. The molecule has 0 amide bonds. The first-order valence-corrected chi connectivity index (χ1v) is 18.6. The Morgan fingerprint density at radius 3 is 1.96 bits per heavy atom. The van der Waals surface area contributed by atoms with Crippen molar-refractivity contribution in [3.05, 3.63) is 131 Å². The molecule has 2 nitrogen and oxygen atoms in total. The number of nitrogens with zero attached hydrogens (tertiary/aromatic N) is 2. The zero-order valence-electron chi connectivity index (χ0n) is 29.9. The third-order valence-electron chi connectivity index (χ3n) is 10.5. The lowest BCUT2D eigenvalue weighted by molar-refractivity contribution is -0.633. The van der Waals surface area contributed by atoms with Crippen molar-refractivity contribution in [1.29, 1.82) is 0 Å². The van der Waals surface area contributed by atoms with Crippen LogP contribution < -0.4 is 4.57 Å². The van der Waals surface area contributed by atoms with Crippen LogP contribution in [0.5, 0.6) is 0 Å². The molecule has 0 aliphatic heterocycles. The first-order chi connectivity index (χ1) is 23.6. The van der Waals surface area contributed by atoms with Crippen molar-refractivity contribution >= 4 is 53.3 Å². The van der Waals surface area contributed by atoms with Crippen molar-refractivity contribution in [3.8, 4) is 28.2 Å². The zero-order valence-corrected chi connectivity index (χ0v) is 30.7. The van der Waals surface area contributed by atoms with Gasteiger partial charge in [0.2, 0.25) is 0 Å². The summed E-state index contributed by atoms with van der Waals surface area (Å²) in [4.78, 5) is 0. The molecule has 2 heterocycles. The fraction of sp³-hybridized carbons (Fsp3) is 0.239. The smallest absolute Gasteiger partial charge is 0.225 e. The molecular formula is C46H45N2S+. The van der Waals surface area contributed by atoms with Crippen LogP contribution in [0.3, 0.4) is 0 Å². The van der Waals surface area contributed by atoms with Gasteiger partial charge in [0.05, 0.1) is 12.6 Å². The van der Waals surface area contributed by atoms with E-state index < -0.39 is 0 Å². The number of aryl methyl sites for hydroxylation is 2. The summed E-state index contributed by atoms with van der Waals surface area (Å²) in [5.41, 5.74) is 13.2. The molecule has 3 heteroatoms. The maximum Gasteiger partial charge on any atom is 0.295 e. The second-order valence-corrected chi connectivity index (χ2v) is 15.8. The second-order valence-electron chi connectivity index (χ2n) is 14.7. The molecule has 0 aliphatic rings. The molecule has 0 saturated heterocycles. The van der Waals surface area contributed by atoms with Crippen LogP contribution in [0.2, 0.25) is 0 Å². The molecule has 0 unspecified atom stereocenters. The van der Waals surface area contributed by atoms with Gasteiger partial charge in [-0.05, 0) is 94.8 Å². The first-order valence-electron chi connectivity index (χ1n) is 17.7. The Labute approximate surface area is 294 Å². The normalized spacial score (nSPS) is 12.2. The third-order valence-corrected chi connectivity index (χ3v) is 11.6. The van der Waals surface area contributed by atoms with E-state index in [4.69, 9.17) is 0 Å². The van der Waals surface area contributed by atoms with Gasteiger partial charge in [0, 0.05) is 36.7 Å². The van der Waals surface area contributed by atoms with Crippen molar-refractivity contribution in [1.82, 2.24) is 4.57 Å². The van der Waals surface area contributed by atoms with Crippen LogP contribution in [0, 0.1) is 6.92 Å². The fourth-order valence-corrected chi connectivity index (χ4v) is 8.96. The maximum absolute atomic E-state index is 2.64. The summed E-state index contributed by atoms with van der Waals surface area (Å²) in [6, 6.07) is 41.1. The summed E-state index contributed by atoms with van der Waals surface area (Å²) in [5.74, 6) is 2.40. The highest BCUT2D eigenvalue weighted by Crippen LogP contribution is 2.43. The number of benzene rings is 6. The van der Waals surface area contributed by atoms with Crippen molar-refractivity contribution in [2.75, 3.05) is 0 Å². The van der Waals surface area contributed by atoms with E-state index in [-0.39, 0.29) is 0 Å². The Hall–Kier alpha value is -4.73. The second kappa shape index (κ2) is 12.0. The van der Waals surface area contributed by atoms with E-state index in [0.29, 0.717) is 17.8 Å². The van der Waals surface area contributed by atoms with Crippen molar-refractivity contribution in [2.45, 2.75) is 66.2 Å². The Morgan fingerprint density at radius 1 is 0.592 bits per heavy atom. The van der Waals surface area contributed by atoms with E-state index in [0.717, 1.165) is 0 Å². The molecule has 6 aromatic carbocycles. The summed E-state index contributed by atoms with van der Waals surface area (Å²) in [6.45, 7) is 16.4. The maximum atomic E-state index is 2.64. The van der Waals surface area contributed by atoms with Gasteiger partial charge in [-0.2, -0.15) is 4.57 Å². The van der Waals surface area contributed by atoms with E-state index in [1.54, 1.807) is 0 Å². The molecule has 0 fully saturated rings. The monoisotopic (exact) mass is 657 g/mol. The minimum atomic E-state index is 0.359. The number of hydrogen-bond donors (Lipinski definition) is 0. The quantitative estimate of drug-likeness (QED) is 0.157. The van der Waals surface area contributed by atoms with Gasteiger partial charge in [-0.25, -0.2) is 4.57 Å². The summed E-state index contributed by atoms with van der Waals surface area (Å²) in [5, 5.41) is 5.20. The van der Waals surface area contributed by atoms with Gasteiger partial charge < -0.3 is 0 Å². The number of rotatable bonds is 6. The van der Waals surface area contributed by atoms with Crippen LogP contribution in [0.15, 0.2) is 109 Å². The SMILES string of the molecule is Cc1cc2sc3ccc(-c4ccccc4)cc3c2cc1-c1n(-c2c(C(C)C)cc(C(C)C)cc2C(C)C)c2c3ccccc3ccc2[n+]1C. The van der Waals surface area contributed by atoms with Crippen LogP contribution in [0.25, 0.3) is 70.2 Å². The highest BCUT2D eigenvalue weighted by atomic mass is 32.1. The van der Waals surface area contributed by atoms with Crippen LogP contribution >= 0.6 is 11.3 Å². The van der Waals surface area contributed by atoms with E-state index in [2.05, 4.69) is 174 Å². The third kappa shape index (κ3) is 5.09. The predicted molar refractivity (Wildman–Crippen MR) is 213 cm³/mol. The molecule has 244 valence electrons. The number of hydrogen-bond acceptors (Lipinski definition) is 1. The summed E-state index contributed by atoms with van der Waals surface area (Å²) >= 11 is 1.90. The number of aromatic nitrogens is 2. The molecule has 49 heavy (non-hydrogen) atoms. The lowest BCUT2D eigenvalue weighted by Crippen LogP contribution is -2.30. The highest BCUT2D eigenvalue weighted by molar-refractivity contribution is 7.25. The number of fused-ring (bicyclic) bond motifs is 6. The molecule has 0 bridgehead atoms. The molecule has 0 saturated carbocycles. The molecule has 0 spiro atoms. The Balaban J connectivity index is 1.52. The van der Waals surface area contributed by atoms with Gasteiger partial charge in [-0.15, -0.1) is 11.3 Å². The highest BCUT2D eigenvalue weighted by Gasteiger charge is 2.33. The topological polar surface area (TPSA) is 8.81 Å². The first kappa shape index (κ1) is 31.5. The van der Waals surface area contributed by atoms with Crippen molar-refractivity contribution < 1.29 is 4.57 Å². The van der Waals surface area contributed by atoms with Crippen LogP contribution in [-0.2, 0) is 7.05 Å². The lowest BCUT2D eigenvalue weighted by Gasteiger charge is -2.22. The molecule has 0 aliphatic carbocycles. The molecule has 2 aromatic heterocycles. The molecule has 0 atom stereocenters. The number of thiophene rings is 1. The number of imidazole rings is 1. The molecular weight excluding hydrogens is 613 g/mol. The van der Waals surface area contributed by atoms with Crippen LogP contribution in [0.4, 0.5) is 0 Å². The van der Waals surface area contributed by atoms with Gasteiger partial charge in [0.1, 0.15) is 5.69 Å². The minimum Gasteiger partial charge on any atom is -0.225 e. The van der Waals surface area contributed by atoms with E-state index in [1.807, 2.05) is 11.3 Å². The fourth-order valence-electron chi connectivity index (χ4n) is 7.79. The average Bonchev–Trinajstić information content (AvgIpc) is 3.60. The molecule has 8 rings (SSSR count). The van der Waals surface area contributed by atoms with Gasteiger partial charge in [0.15, 0.2) is 11.0 Å². The largest absolute Gasteiger partial charge is 0.295 e. The zero-order chi connectivity index (χ0) is 34.1. The average molecular weight is 658 g/mol. The minimum absolute atomic E-state index is 0.359. The Morgan fingerprint density at radius 2 is 1.27 bits per heavy atom. The van der Waals surface area contributed by atoms with E-state index in [1.165, 1.54) is 92.4 Å². The van der Waals surface area contributed by atoms with E-state index in [9.17, 15) is 0 Å². The Kier molecular flexibility index (Phi) is 7.72. The van der Waals surface area contributed by atoms with Crippen molar-refractivity contribution in [2.24, 2.45) is 7.05 Å². The van der Waals surface area contributed by atoms with Crippen LogP contribution in [0.1, 0.15) is 81.5 Å². The predicted octanol–water partition coefficient (Wildman–Crippen LogP) is 13.0. The summed E-state index contributed by atoms with van der Waals surface area (Å²) < 4.78 is 7.76. The summed E-state index contributed by atoms with van der Waals surface area (Å²) in [6.07, 6.45) is 0. The summed E-state index contributed by atoms with van der Waals surface area (Å²) in [7, 11) is 2.26. The van der Waals surface area contributed by atoms with Crippen molar-refractivity contribution in [3.63, 3.8) is 0 Å². The van der Waals surface area contributed by atoms with Gasteiger partial charge in [-0.1, -0.05) is 108 Å². The molecule has 0 radical (unpaired) electrons.